The molecule has 0 bridgehead atoms. The molecule has 0 saturated heterocycles. The van der Waals surface area contributed by atoms with Crippen LogP contribution in [0, 0.1) is 0 Å². The lowest BCUT2D eigenvalue weighted by Gasteiger charge is -1.99. The van der Waals surface area contributed by atoms with Gasteiger partial charge in [-0.25, -0.2) is 0 Å². The van der Waals surface area contributed by atoms with Gasteiger partial charge in [-0.1, -0.05) is 38.8 Å². The monoisotopic (exact) mass is 358 g/mol. The summed E-state index contributed by atoms with van der Waals surface area (Å²) in [6.07, 6.45) is 8.28. The van der Waals surface area contributed by atoms with Crippen LogP contribution in [0.3, 0.4) is 0 Å². The first kappa shape index (κ1) is 17.9. The van der Waals surface area contributed by atoms with Crippen molar-refractivity contribution >= 4 is 21.8 Å². The number of aryl methyl sites for hydroxylation is 2. The minimum atomic E-state index is 0.915. The number of hydrogen-bond acceptors (Lipinski definition) is 0. The Morgan fingerprint density at radius 3 is 1.56 bits per heavy atom. The van der Waals surface area contributed by atoms with Crippen LogP contribution in [0.25, 0.3) is 21.8 Å². The van der Waals surface area contributed by atoms with Gasteiger partial charge in [-0.05, 0) is 84.0 Å². The molecule has 0 amide bonds. The summed E-state index contributed by atoms with van der Waals surface area (Å²) in [7, 11) is 0. The molecule has 0 fully saturated rings. The van der Waals surface area contributed by atoms with E-state index in [-0.39, 0.29) is 0 Å². The SMILES string of the molecule is CCCCc1ccc2[nH]c(Cc3cc4cc(CCCC)ccc4[nH]3)cc2c1. The maximum Gasteiger partial charge on any atom is 0.0456 e. The van der Waals surface area contributed by atoms with Crippen molar-refractivity contribution in [2.24, 2.45) is 0 Å². The van der Waals surface area contributed by atoms with Crippen LogP contribution < -0.4 is 0 Å². The molecule has 0 aliphatic rings. The van der Waals surface area contributed by atoms with Gasteiger partial charge in [-0.2, -0.15) is 0 Å². The van der Waals surface area contributed by atoms with Crippen LogP contribution in [-0.4, -0.2) is 9.97 Å². The average Bonchev–Trinajstić information content (AvgIpc) is 3.26. The lowest BCUT2D eigenvalue weighted by molar-refractivity contribution is 0.796. The molecule has 0 saturated carbocycles. The Kier molecular flexibility index (Phi) is 5.33. The molecule has 2 aromatic heterocycles. The highest BCUT2D eigenvalue weighted by Gasteiger charge is 2.07. The van der Waals surface area contributed by atoms with Gasteiger partial charge in [-0.3, -0.25) is 0 Å². The predicted octanol–water partition coefficient (Wildman–Crippen LogP) is 6.93. The largest absolute Gasteiger partial charge is 0.358 e. The van der Waals surface area contributed by atoms with Crippen LogP contribution in [0.1, 0.15) is 62.0 Å². The molecule has 2 nitrogen and oxygen atoms in total. The maximum atomic E-state index is 3.59. The number of benzene rings is 2. The second kappa shape index (κ2) is 8.04. The Morgan fingerprint density at radius 2 is 1.11 bits per heavy atom. The molecule has 140 valence electrons. The van der Waals surface area contributed by atoms with Crippen molar-refractivity contribution in [2.75, 3.05) is 0 Å². The van der Waals surface area contributed by atoms with Gasteiger partial charge in [0.2, 0.25) is 0 Å². The molecular weight excluding hydrogens is 328 g/mol. The lowest BCUT2D eigenvalue weighted by Crippen LogP contribution is -1.87. The van der Waals surface area contributed by atoms with Gasteiger partial charge in [0.05, 0.1) is 0 Å². The summed E-state index contributed by atoms with van der Waals surface area (Å²) in [5.74, 6) is 0. The molecule has 2 heteroatoms. The number of aromatic amines is 2. The summed E-state index contributed by atoms with van der Waals surface area (Å²) in [6.45, 7) is 4.50. The zero-order chi connectivity index (χ0) is 18.6. The summed E-state index contributed by atoms with van der Waals surface area (Å²) in [4.78, 5) is 7.18. The minimum Gasteiger partial charge on any atom is -0.358 e. The van der Waals surface area contributed by atoms with Crippen LogP contribution in [-0.2, 0) is 19.3 Å². The molecule has 0 spiro atoms. The molecule has 0 radical (unpaired) electrons. The highest BCUT2D eigenvalue weighted by Crippen LogP contribution is 2.23. The fourth-order valence-electron chi connectivity index (χ4n) is 3.95. The highest BCUT2D eigenvalue weighted by molar-refractivity contribution is 5.82. The molecule has 2 aromatic carbocycles. The summed E-state index contributed by atoms with van der Waals surface area (Å²) in [5.41, 5.74) is 7.91. The molecule has 2 N–H and O–H groups in total. The van der Waals surface area contributed by atoms with Gasteiger partial charge in [0, 0.05) is 28.8 Å². The van der Waals surface area contributed by atoms with Gasteiger partial charge in [-0.15, -0.1) is 0 Å². The first-order valence-electron chi connectivity index (χ1n) is 10.5. The Bertz CT molecular complexity index is 951. The fourth-order valence-corrected chi connectivity index (χ4v) is 3.95. The average molecular weight is 359 g/mol. The first-order chi connectivity index (χ1) is 13.2. The topological polar surface area (TPSA) is 31.6 Å². The van der Waals surface area contributed by atoms with E-state index in [9.17, 15) is 0 Å². The van der Waals surface area contributed by atoms with Crippen molar-refractivity contribution < 1.29 is 0 Å². The molecule has 27 heavy (non-hydrogen) atoms. The Balaban J connectivity index is 1.54. The van der Waals surface area contributed by atoms with E-state index < -0.39 is 0 Å². The fraction of sp³-hybridized carbons (Fsp3) is 0.360. The van der Waals surface area contributed by atoms with Crippen molar-refractivity contribution in [3.63, 3.8) is 0 Å². The summed E-state index contributed by atoms with van der Waals surface area (Å²) in [5, 5.41) is 2.66. The van der Waals surface area contributed by atoms with E-state index in [2.05, 4.69) is 72.3 Å². The van der Waals surface area contributed by atoms with Crippen molar-refractivity contribution in [3.8, 4) is 0 Å². The molecule has 0 unspecified atom stereocenters. The quantitative estimate of drug-likeness (QED) is 0.342. The van der Waals surface area contributed by atoms with Gasteiger partial charge in [0.25, 0.3) is 0 Å². The summed E-state index contributed by atoms with van der Waals surface area (Å²) < 4.78 is 0. The van der Waals surface area contributed by atoms with E-state index in [0.717, 1.165) is 6.42 Å². The third-order valence-electron chi connectivity index (χ3n) is 5.50. The minimum absolute atomic E-state index is 0.915. The van der Waals surface area contributed by atoms with Crippen molar-refractivity contribution in [1.82, 2.24) is 9.97 Å². The zero-order valence-corrected chi connectivity index (χ0v) is 16.6. The van der Waals surface area contributed by atoms with E-state index in [1.807, 2.05) is 0 Å². The first-order valence-corrected chi connectivity index (χ1v) is 10.5. The standard InChI is InChI=1S/C25H30N2/c1-3-5-7-18-9-11-24-20(13-18)15-22(26-24)17-23-16-21-14-19(8-6-4-2)10-12-25(21)27-23/h9-16,26-27H,3-8,17H2,1-2H3. The number of unbranched alkanes of at least 4 members (excludes halogenated alkanes) is 2. The van der Waals surface area contributed by atoms with Crippen LogP contribution in [0.5, 0.6) is 0 Å². The highest BCUT2D eigenvalue weighted by atomic mass is 14.7. The second-order valence-corrected chi connectivity index (χ2v) is 7.82. The van der Waals surface area contributed by atoms with Crippen molar-refractivity contribution in [3.05, 3.63) is 71.0 Å². The van der Waals surface area contributed by atoms with Crippen LogP contribution in [0.15, 0.2) is 48.5 Å². The van der Waals surface area contributed by atoms with E-state index in [4.69, 9.17) is 0 Å². The lowest BCUT2D eigenvalue weighted by atomic mass is 10.1. The number of hydrogen-bond donors (Lipinski definition) is 2. The Hall–Kier alpha value is -2.48. The van der Waals surface area contributed by atoms with E-state index in [1.165, 1.54) is 82.8 Å². The van der Waals surface area contributed by atoms with E-state index in [0.29, 0.717) is 0 Å². The van der Waals surface area contributed by atoms with Crippen molar-refractivity contribution in [2.45, 2.75) is 58.8 Å². The Morgan fingerprint density at radius 1 is 0.630 bits per heavy atom. The normalized spacial score (nSPS) is 11.6. The summed E-state index contributed by atoms with van der Waals surface area (Å²) >= 11 is 0. The third-order valence-corrected chi connectivity index (χ3v) is 5.50. The zero-order valence-electron chi connectivity index (χ0n) is 16.6. The number of rotatable bonds is 8. The molecule has 0 atom stereocenters. The number of H-pyrrole nitrogens is 2. The van der Waals surface area contributed by atoms with E-state index in [1.54, 1.807) is 0 Å². The van der Waals surface area contributed by atoms with Crippen molar-refractivity contribution in [1.29, 1.82) is 0 Å². The molecule has 2 heterocycles. The maximum absolute atomic E-state index is 3.59. The molecule has 4 rings (SSSR count). The van der Waals surface area contributed by atoms with E-state index >= 15 is 0 Å². The molecule has 0 aliphatic carbocycles. The molecule has 4 aromatic rings. The van der Waals surface area contributed by atoms with Gasteiger partial charge >= 0.3 is 0 Å². The second-order valence-electron chi connectivity index (χ2n) is 7.82. The number of fused-ring (bicyclic) bond motifs is 2. The predicted molar refractivity (Wildman–Crippen MR) is 117 cm³/mol. The third kappa shape index (κ3) is 4.10. The number of aromatic nitrogens is 2. The van der Waals surface area contributed by atoms with Crippen LogP contribution >= 0.6 is 0 Å². The smallest absolute Gasteiger partial charge is 0.0456 e. The van der Waals surface area contributed by atoms with Crippen LogP contribution in [0.4, 0.5) is 0 Å². The molecule has 0 aliphatic heterocycles. The van der Waals surface area contributed by atoms with Gasteiger partial charge in [0.1, 0.15) is 0 Å². The Labute approximate surface area is 162 Å². The number of nitrogens with one attached hydrogen (secondary N) is 2. The van der Waals surface area contributed by atoms with Crippen LogP contribution in [0.2, 0.25) is 0 Å². The molecular formula is C25H30N2. The van der Waals surface area contributed by atoms with Gasteiger partial charge in [0.15, 0.2) is 0 Å². The van der Waals surface area contributed by atoms with Gasteiger partial charge < -0.3 is 9.97 Å². The summed E-state index contributed by atoms with van der Waals surface area (Å²) in [6, 6.07) is 18.3.